The van der Waals surface area contributed by atoms with Gasteiger partial charge >= 0.3 is 0 Å². The Labute approximate surface area is 93.2 Å². The number of hydrogen-bond donors (Lipinski definition) is 1. The molecule has 0 saturated carbocycles. The fourth-order valence-corrected chi connectivity index (χ4v) is 1.81. The van der Waals surface area contributed by atoms with Gasteiger partial charge in [-0.05, 0) is 29.3 Å². The van der Waals surface area contributed by atoms with Gasteiger partial charge in [0.1, 0.15) is 0 Å². The third kappa shape index (κ3) is 2.46. The minimum absolute atomic E-state index is 0.0393. The molecule has 1 aromatic carbocycles. The first-order valence-electron chi connectivity index (χ1n) is 4.81. The Morgan fingerprint density at radius 3 is 2.53 bits per heavy atom. The molecule has 0 bridgehead atoms. The van der Waals surface area contributed by atoms with E-state index in [9.17, 15) is 9.90 Å². The molecule has 15 heavy (non-hydrogen) atoms. The molecule has 3 heteroatoms. The normalized spacial score (nSPS) is 20.5. The number of benzene rings is 1. The zero-order chi connectivity index (χ0) is 10.8. The Morgan fingerprint density at radius 2 is 2.00 bits per heavy atom. The quantitative estimate of drug-likeness (QED) is 0.833. The van der Waals surface area contributed by atoms with Crippen LogP contribution in [0.25, 0.3) is 0 Å². The van der Waals surface area contributed by atoms with Crippen molar-refractivity contribution in [1.29, 1.82) is 0 Å². The standard InChI is InChI=1S/C12H11ClO2/c13-10-3-1-8(2-4-10)5-9-6-11(14)7-12(9)15/h1-4,6,11,14H,5,7H2. The summed E-state index contributed by atoms with van der Waals surface area (Å²) >= 11 is 5.76. The molecular weight excluding hydrogens is 212 g/mol. The van der Waals surface area contributed by atoms with E-state index in [1.807, 2.05) is 12.1 Å². The molecule has 0 saturated heterocycles. The summed E-state index contributed by atoms with van der Waals surface area (Å²) in [6, 6.07) is 7.38. The van der Waals surface area contributed by atoms with E-state index in [1.165, 1.54) is 0 Å². The van der Waals surface area contributed by atoms with Gasteiger partial charge in [-0.3, -0.25) is 4.79 Å². The maximum Gasteiger partial charge on any atom is 0.161 e. The number of allylic oxidation sites excluding steroid dienone is 1. The summed E-state index contributed by atoms with van der Waals surface area (Å²) in [6.45, 7) is 0. The van der Waals surface area contributed by atoms with Crippen LogP contribution in [-0.4, -0.2) is 17.0 Å². The highest BCUT2D eigenvalue weighted by molar-refractivity contribution is 6.30. The predicted molar refractivity (Wildman–Crippen MR) is 58.9 cm³/mol. The zero-order valence-electron chi connectivity index (χ0n) is 8.11. The highest BCUT2D eigenvalue weighted by Gasteiger charge is 2.21. The largest absolute Gasteiger partial charge is 0.389 e. The van der Waals surface area contributed by atoms with E-state index in [0.717, 1.165) is 5.56 Å². The smallest absolute Gasteiger partial charge is 0.161 e. The van der Waals surface area contributed by atoms with E-state index in [4.69, 9.17) is 11.6 Å². The number of aliphatic hydroxyl groups is 1. The van der Waals surface area contributed by atoms with Crippen LogP contribution in [0.3, 0.4) is 0 Å². The highest BCUT2D eigenvalue weighted by atomic mass is 35.5. The molecule has 78 valence electrons. The summed E-state index contributed by atoms with van der Waals surface area (Å²) in [7, 11) is 0. The van der Waals surface area contributed by atoms with Crippen molar-refractivity contribution in [2.75, 3.05) is 0 Å². The number of carbonyl (C=O) groups excluding carboxylic acids is 1. The maximum absolute atomic E-state index is 11.4. The van der Waals surface area contributed by atoms with Crippen molar-refractivity contribution in [2.24, 2.45) is 0 Å². The Bertz CT molecular complexity index is 406. The average molecular weight is 223 g/mol. The summed E-state index contributed by atoms with van der Waals surface area (Å²) in [6.07, 6.45) is 1.84. The van der Waals surface area contributed by atoms with Gasteiger partial charge in [-0.15, -0.1) is 0 Å². The monoisotopic (exact) mass is 222 g/mol. The minimum atomic E-state index is -0.597. The molecule has 1 aliphatic rings. The van der Waals surface area contributed by atoms with Gasteiger partial charge in [-0.2, -0.15) is 0 Å². The van der Waals surface area contributed by atoms with Crippen molar-refractivity contribution < 1.29 is 9.90 Å². The summed E-state index contributed by atoms with van der Waals surface area (Å²) in [5.41, 5.74) is 1.73. The third-order valence-electron chi connectivity index (χ3n) is 2.45. The topological polar surface area (TPSA) is 37.3 Å². The van der Waals surface area contributed by atoms with Crippen LogP contribution >= 0.6 is 11.6 Å². The molecule has 2 rings (SSSR count). The molecule has 0 aromatic heterocycles. The van der Waals surface area contributed by atoms with Crippen molar-refractivity contribution in [1.82, 2.24) is 0 Å². The molecule has 0 aliphatic heterocycles. The number of Topliss-reactive ketones (excluding diaryl/α,β-unsaturated/α-hetero) is 1. The first-order chi connectivity index (χ1) is 7.15. The van der Waals surface area contributed by atoms with E-state index in [0.29, 0.717) is 17.0 Å². The fraction of sp³-hybridized carbons (Fsp3) is 0.250. The fourth-order valence-electron chi connectivity index (χ4n) is 1.68. The van der Waals surface area contributed by atoms with E-state index < -0.39 is 6.10 Å². The highest BCUT2D eigenvalue weighted by Crippen LogP contribution is 2.20. The molecule has 1 atom stereocenters. The lowest BCUT2D eigenvalue weighted by Crippen LogP contribution is -2.02. The second-order valence-electron chi connectivity index (χ2n) is 3.69. The van der Waals surface area contributed by atoms with Crippen molar-refractivity contribution in [3.05, 3.63) is 46.5 Å². The van der Waals surface area contributed by atoms with Crippen LogP contribution in [-0.2, 0) is 11.2 Å². The first-order valence-corrected chi connectivity index (χ1v) is 5.19. The van der Waals surface area contributed by atoms with E-state index in [2.05, 4.69) is 0 Å². The third-order valence-corrected chi connectivity index (χ3v) is 2.71. The van der Waals surface area contributed by atoms with Crippen molar-refractivity contribution in [3.63, 3.8) is 0 Å². The van der Waals surface area contributed by atoms with Crippen LogP contribution in [0.1, 0.15) is 12.0 Å². The molecule has 1 unspecified atom stereocenters. The van der Waals surface area contributed by atoms with Gasteiger partial charge in [0.05, 0.1) is 6.10 Å². The minimum Gasteiger partial charge on any atom is -0.389 e. The van der Waals surface area contributed by atoms with Gasteiger partial charge < -0.3 is 5.11 Å². The predicted octanol–water partition coefficient (Wildman–Crippen LogP) is 2.14. The molecule has 1 aliphatic carbocycles. The van der Waals surface area contributed by atoms with Crippen molar-refractivity contribution in [3.8, 4) is 0 Å². The Hall–Kier alpha value is -1.12. The van der Waals surface area contributed by atoms with Gasteiger partial charge in [0.25, 0.3) is 0 Å². The van der Waals surface area contributed by atoms with Crippen LogP contribution in [0.4, 0.5) is 0 Å². The Kier molecular flexibility index (Phi) is 2.89. The maximum atomic E-state index is 11.4. The molecule has 0 heterocycles. The molecule has 0 fully saturated rings. The number of rotatable bonds is 2. The second-order valence-corrected chi connectivity index (χ2v) is 4.13. The van der Waals surface area contributed by atoms with Gasteiger partial charge in [0, 0.05) is 17.9 Å². The second kappa shape index (κ2) is 4.17. The van der Waals surface area contributed by atoms with Crippen LogP contribution in [0.15, 0.2) is 35.9 Å². The number of aliphatic hydroxyl groups excluding tert-OH is 1. The molecule has 1 aromatic rings. The number of ketones is 1. The molecule has 0 radical (unpaired) electrons. The van der Waals surface area contributed by atoms with Gasteiger partial charge in [-0.1, -0.05) is 23.7 Å². The summed E-state index contributed by atoms with van der Waals surface area (Å²) in [5.74, 6) is 0.0393. The summed E-state index contributed by atoms with van der Waals surface area (Å²) in [4.78, 5) is 11.4. The molecular formula is C12H11ClO2. The van der Waals surface area contributed by atoms with Crippen LogP contribution in [0, 0.1) is 0 Å². The van der Waals surface area contributed by atoms with Crippen LogP contribution < -0.4 is 0 Å². The average Bonchev–Trinajstić information content (AvgIpc) is 2.49. The van der Waals surface area contributed by atoms with Crippen molar-refractivity contribution >= 4 is 17.4 Å². The molecule has 0 amide bonds. The summed E-state index contributed by atoms with van der Waals surface area (Å²) in [5, 5.41) is 9.96. The van der Waals surface area contributed by atoms with Gasteiger partial charge in [0.2, 0.25) is 0 Å². The molecule has 2 nitrogen and oxygen atoms in total. The zero-order valence-corrected chi connectivity index (χ0v) is 8.87. The lowest BCUT2D eigenvalue weighted by atomic mass is 10.0. The molecule has 0 spiro atoms. The SMILES string of the molecule is O=C1CC(O)C=C1Cc1ccc(Cl)cc1. The van der Waals surface area contributed by atoms with Crippen LogP contribution in [0.2, 0.25) is 5.02 Å². The number of halogens is 1. The Morgan fingerprint density at radius 1 is 1.33 bits per heavy atom. The lowest BCUT2D eigenvalue weighted by molar-refractivity contribution is -0.115. The van der Waals surface area contributed by atoms with Gasteiger partial charge in [0.15, 0.2) is 5.78 Å². The Balaban J connectivity index is 2.12. The van der Waals surface area contributed by atoms with Gasteiger partial charge in [-0.25, -0.2) is 0 Å². The lowest BCUT2D eigenvalue weighted by Gasteiger charge is -2.01. The summed E-state index contributed by atoms with van der Waals surface area (Å²) < 4.78 is 0. The van der Waals surface area contributed by atoms with E-state index in [-0.39, 0.29) is 12.2 Å². The van der Waals surface area contributed by atoms with Crippen molar-refractivity contribution in [2.45, 2.75) is 18.9 Å². The molecule has 1 N–H and O–H groups in total. The number of carbonyl (C=O) groups is 1. The van der Waals surface area contributed by atoms with Crippen LogP contribution in [0.5, 0.6) is 0 Å². The van der Waals surface area contributed by atoms with E-state index in [1.54, 1.807) is 18.2 Å². The number of hydrogen-bond acceptors (Lipinski definition) is 2. The van der Waals surface area contributed by atoms with E-state index >= 15 is 0 Å². The first kappa shape index (κ1) is 10.4.